The molecule has 2 fully saturated rings. The number of methoxy groups -OCH3 is 1. The molecule has 2 atom stereocenters. The third-order valence-corrected chi connectivity index (χ3v) is 4.78. The Labute approximate surface area is 118 Å². The van der Waals surface area contributed by atoms with Crippen molar-refractivity contribution in [3.63, 3.8) is 0 Å². The van der Waals surface area contributed by atoms with Gasteiger partial charge >= 0.3 is 0 Å². The van der Waals surface area contributed by atoms with Crippen LogP contribution < -0.4 is 5.32 Å². The molecule has 0 aromatic rings. The second kappa shape index (κ2) is 7.61. The highest BCUT2D eigenvalue weighted by molar-refractivity contribution is 4.92. The summed E-state index contributed by atoms with van der Waals surface area (Å²) in [7, 11) is 1.83. The molecule has 0 spiro atoms. The smallest absolute Gasteiger partial charge is 0.0698 e. The lowest BCUT2D eigenvalue weighted by molar-refractivity contribution is -0.162. The summed E-state index contributed by atoms with van der Waals surface area (Å²) in [6.45, 7) is 4.45. The number of hydrogen-bond acceptors (Lipinski definition) is 3. The van der Waals surface area contributed by atoms with E-state index in [-0.39, 0.29) is 5.60 Å². The second-order valence-electron chi connectivity index (χ2n) is 6.30. The van der Waals surface area contributed by atoms with Crippen LogP contribution in [0.15, 0.2) is 0 Å². The predicted molar refractivity (Wildman–Crippen MR) is 78.5 cm³/mol. The van der Waals surface area contributed by atoms with Crippen LogP contribution in [0.25, 0.3) is 0 Å². The molecule has 1 N–H and O–H groups in total. The molecule has 0 radical (unpaired) electrons. The highest BCUT2D eigenvalue weighted by atomic mass is 16.5. The minimum Gasteiger partial charge on any atom is -0.381 e. The lowest BCUT2D eigenvalue weighted by atomic mass is 9.77. The van der Waals surface area contributed by atoms with Crippen LogP contribution in [0.4, 0.5) is 0 Å². The van der Waals surface area contributed by atoms with Gasteiger partial charge in [0.25, 0.3) is 0 Å². The van der Waals surface area contributed by atoms with E-state index in [0.717, 1.165) is 19.5 Å². The second-order valence-corrected chi connectivity index (χ2v) is 6.30. The Bertz CT molecular complexity index is 253. The van der Waals surface area contributed by atoms with Crippen LogP contribution in [0.5, 0.6) is 0 Å². The number of hydrogen-bond donors (Lipinski definition) is 1. The lowest BCUT2D eigenvalue weighted by Gasteiger charge is -2.45. The lowest BCUT2D eigenvalue weighted by Crippen LogP contribution is -2.46. The molecule has 0 aliphatic heterocycles. The molecule has 2 rings (SSSR count). The summed E-state index contributed by atoms with van der Waals surface area (Å²) in [5.74, 6) is 0. The molecular formula is C16H31NO2. The van der Waals surface area contributed by atoms with Gasteiger partial charge in [-0.1, -0.05) is 6.92 Å². The molecule has 112 valence electrons. The molecule has 0 heterocycles. The van der Waals surface area contributed by atoms with Crippen molar-refractivity contribution >= 4 is 0 Å². The summed E-state index contributed by atoms with van der Waals surface area (Å²) in [5.41, 5.74) is 0.195. The standard InChI is InChI=1S/C16H31NO2/c1-3-11-17-12-10-16(8-5-9-16)19-15-7-4-6-14(13-15)18-2/h14-15,17H,3-13H2,1-2H3. The van der Waals surface area contributed by atoms with E-state index in [4.69, 9.17) is 9.47 Å². The van der Waals surface area contributed by atoms with Crippen molar-refractivity contribution in [2.45, 2.75) is 82.5 Å². The van der Waals surface area contributed by atoms with Crippen molar-refractivity contribution in [3.05, 3.63) is 0 Å². The monoisotopic (exact) mass is 269 g/mol. The van der Waals surface area contributed by atoms with Crippen molar-refractivity contribution in [2.75, 3.05) is 20.2 Å². The summed E-state index contributed by atoms with van der Waals surface area (Å²) in [4.78, 5) is 0. The van der Waals surface area contributed by atoms with Crippen LogP contribution in [0, 0.1) is 0 Å². The van der Waals surface area contributed by atoms with Crippen LogP contribution in [0.2, 0.25) is 0 Å². The maximum Gasteiger partial charge on any atom is 0.0698 e. The first-order chi connectivity index (χ1) is 9.28. The molecule has 3 nitrogen and oxygen atoms in total. The molecule has 2 aliphatic rings. The summed E-state index contributed by atoms with van der Waals surface area (Å²) in [6.07, 6.45) is 11.9. The van der Waals surface area contributed by atoms with Crippen molar-refractivity contribution in [2.24, 2.45) is 0 Å². The fourth-order valence-electron chi connectivity index (χ4n) is 3.39. The van der Waals surface area contributed by atoms with Gasteiger partial charge in [0.2, 0.25) is 0 Å². The molecule has 3 heteroatoms. The average molecular weight is 269 g/mol. The van der Waals surface area contributed by atoms with Gasteiger partial charge in [-0.2, -0.15) is 0 Å². The number of nitrogens with one attached hydrogen (secondary N) is 1. The normalized spacial score (nSPS) is 30.0. The highest BCUT2D eigenvalue weighted by Gasteiger charge is 2.40. The van der Waals surface area contributed by atoms with Gasteiger partial charge in [-0.05, 0) is 70.9 Å². The minimum absolute atomic E-state index is 0.195. The van der Waals surface area contributed by atoms with Crippen LogP contribution in [-0.2, 0) is 9.47 Å². The van der Waals surface area contributed by atoms with Crippen molar-refractivity contribution in [1.82, 2.24) is 5.32 Å². The molecule has 0 bridgehead atoms. The number of ether oxygens (including phenoxy) is 2. The third-order valence-electron chi connectivity index (χ3n) is 4.78. The van der Waals surface area contributed by atoms with Crippen molar-refractivity contribution in [3.8, 4) is 0 Å². The SMILES string of the molecule is CCCNCCC1(OC2CCCC(OC)C2)CCC1. The molecule has 0 aromatic heterocycles. The Morgan fingerprint density at radius 2 is 1.89 bits per heavy atom. The largest absolute Gasteiger partial charge is 0.381 e. The Morgan fingerprint density at radius 3 is 2.53 bits per heavy atom. The van der Waals surface area contributed by atoms with Gasteiger partial charge in [0.1, 0.15) is 0 Å². The average Bonchev–Trinajstić information content (AvgIpc) is 2.40. The number of rotatable bonds is 8. The van der Waals surface area contributed by atoms with Gasteiger partial charge in [-0.15, -0.1) is 0 Å². The summed E-state index contributed by atoms with van der Waals surface area (Å²) in [6, 6.07) is 0. The van der Waals surface area contributed by atoms with E-state index < -0.39 is 0 Å². The Hall–Kier alpha value is -0.120. The van der Waals surface area contributed by atoms with Crippen LogP contribution >= 0.6 is 0 Å². The summed E-state index contributed by atoms with van der Waals surface area (Å²) < 4.78 is 12.0. The van der Waals surface area contributed by atoms with E-state index in [1.54, 1.807) is 0 Å². The van der Waals surface area contributed by atoms with E-state index in [1.165, 1.54) is 51.4 Å². The quantitative estimate of drug-likeness (QED) is 0.686. The molecule has 0 saturated heterocycles. The topological polar surface area (TPSA) is 30.5 Å². The minimum atomic E-state index is 0.195. The van der Waals surface area contributed by atoms with E-state index in [9.17, 15) is 0 Å². The third kappa shape index (κ3) is 4.44. The van der Waals surface area contributed by atoms with E-state index in [0.29, 0.717) is 12.2 Å². The summed E-state index contributed by atoms with van der Waals surface area (Å²) in [5, 5.41) is 3.51. The molecule has 2 aliphatic carbocycles. The molecule has 0 amide bonds. The van der Waals surface area contributed by atoms with Gasteiger partial charge in [-0.25, -0.2) is 0 Å². The van der Waals surface area contributed by atoms with E-state index >= 15 is 0 Å². The summed E-state index contributed by atoms with van der Waals surface area (Å²) >= 11 is 0. The van der Waals surface area contributed by atoms with Gasteiger partial charge in [-0.3, -0.25) is 0 Å². The highest BCUT2D eigenvalue weighted by Crippen LogP contribution is 2.41. The molecule has 2 saturated carbocycles. The first-order valence-electron chi connectivity index (χ1n) is 8.19. The molecule has 2 unspecified atom stereocenters. The van der Waals surface area contributed by atoms with E-state index in [2.05, 4.69) is 12.2 Å². The molecular weight excluding hydrogens is 238 g/mol. The van der Waals surface area contributed by atoms with Crippen LogP contribution in [0.3, 0.4) is 0 Å². The fraction of sp³-hybridized carbons (Fsp3) is 1.00. The first-order valence-corrected chi connectivity index (χ1v) is 8.19. The zero-order chi connectivity index (χ0) is 13.6. The van der Waals surface area contributed by atoms with Gasteiger partial charge in [0.15, 0.2) is 0 Å². The Balaban J connectivity index is 1.74. The fourth-order valence-corrected chi connectivity index (χ4v) is 3.39. The maximum atomic E-state index is 6.51. The maximum absolute atomic E-state index is 6.51. The predicted octanol–water partition coefficient (Wildman–Crippen LogP) is 3.27. The van der Waals surface area contributed by atoms with Crippen molar-refractivity contribution < 1.29 is 9.47 Å². The zero-order valence-corrected chi connectivity index (χ0v) is 12.7. The van der Waals surface area contributed by atoms with Crippen LogP contribution in [-0.4, -0.2) is 38.0 Å². The van der Waals surface area contributed by atoms with Gasteiger partial charge in [0.05, 0.1) is 17.8 Å². The zero-order valence-electron chi connectivity index (χ0n) is 12.7. The molecule has 19 heavy (non-hydrogen) atoms. The van der Waals surface area contributed by atoms with Gasteiger partial charge < -0.3 is 14.8 Å². The van der Waals surface area contributed by atoms with E-state index in [1.807, 2.05) is 7.11 Å². The van der Waals surface area contributed by atoms with Crippen molar-refractivity contribution in [1.29, 1.82) is 0 Å². The molecule has 0 aromatic carbocycles. The van der Waals surface area contributed by atoms with Crippen LogP contribution in [0.1, 0.15) is 64.7 Å². The Kier molecular flexibility index (Phi) is 6.11. The van der Waals surface area contributed by atoms with Gasteiger partial charge in [0, 0.05) is 7.11 Å². The Morgan fingerprint density at radius 1 is 1.11 bits per heavy atom. The first kappa shape index (κ1) is 15.3.